The van der Waals surface area contributed by atoms with Crippen molar-refractivity contribution in [2.75, 3.05) is 5.32 Å². The molecule has 0 saturated heterocycles. The number of rotatable bonds is 3. The quantitative estimate of drug-likeness (QED) is 0.720. The van der Waals surface area contributed by atoms with Crippen LogP contribution in [0.4, 0.5) is 5.69 Å². The van der Waals surface area contributed by atoms with Crippen LogP contribution in [0.5, 0.6) is 0 Å². The Balaban J connectivity index is 1.95. The molecule has 0 aliphatic carbocycles. The van der Waals surface area contributed by atoms with E-state index in [1.54, 1.807) is 0 Å². The second-order valence-electron chi connectivity index (χ2n) is 4.06. The fourth-order valence-corrected chi connectivity index (χ4v) is 2.94. The van der Waals surface area contributed by atoms with Crippen LogP contribution in [-0.4, -0.2) is 25.6 Å². The number of H-pyrrole nitrogens is 1. The summed E-state index contributed by atoms with van der Waals surface area (Å²) in [4.78, 5) is 4.37. The molecule has 0 spiro atoms. The largest absolute Gasteiger partial charge is 0.359 e. The molecule has 2 aromatic heterocycles. The Hall–Kier alpha value is -2.50. The van der Waals surface area contributed by atoms with Gasteiger partial charge in [0.1, 0.15) is 11.6 Å². The topological polar surface area (TPSA) is 103 Å². The van der Waals surface area contributed by atoms with Crippen molar-refractivity contribution >= 4 is 44.4 Å². The van der Waals surface area contributed by atoms with E-state index in [1.165, 1.54) is 17.5 Å². The molecule has 3 aromatic rings. The van der Waals surface area contributed by atoms with E-state index in [1.807, 2.05) is 25.1 Å². The van der Waals surface area contributed by atoms with Gasteiger partial charge in [-0.3, -0.25) is 0 Å². The van der Waals surface area contributed by atoms with Gasteiger partial charge in [0.05, 0.1) is 25.9 Å². The van der Waals surface area contributed by atoms with Crippen LogP contribution in [0.25, 0.3) is 15.8 Å². The van der Waals surface area contributed by atoms with Gasteiger partial charge >= 0.3 is 0 Å². The Morgan fingerprint density at radius 3 is 3.10 bits per heavy atom. The maximum absolute atomic E-state index is 9.10. The summed E-state index contributed by atoms with van der Waals surface area (Å²) in [6, 6.07) is 5.68. The van der Waals surface area contributed by atoms with Crippen molar-refractivity contribution in [2.24, 2.45) is 0 Å². The molecule has 104 valence electrons. The first-order chi connectivity index (χ1) is 10.2. The summed E-state index contributed by atoms with van der Waals surface area (Å²) in [6.45, 7) is 1.93. The predicted molar refractivity (Wildman–Crippen MR) is 80.8 cm³/mol. The van der Waals surface area contributed by atoms with Crippen LogP contribution in [0.1, 0.15) is 10.8 Å². The van der Waals surface area contributed by atoms with Crippen LogP contribution >= 0.6 is 22.9 Å². The normalized spacial score (nSPS) is 11.6. The predicted octanol–water partition coefficient (Wildman–Crippen LogP) is 2.75. The van der Waals surface area contributed by atoms with E-state index < -0.39 is 0 Å². The molecule has 3 rings (SSSR count). The fraction of sp³-hybridized carbons (Fsp3) is 0.0833. The lowest BCUT2D eigenvalue weighted by Crippen LogP contribution is -1.93. The van der Waals surface area contributed by atoms with Crippen LogP contribution in [0, 0.1) is 18.3 Å². The highest BCUT2D eigenvalue weighted by Gasteiger charge is 2.10. The number of nitrogens with one attached hydrogen (secondary N) is 2. The van der Waals surface area contributed by atoms with Gasteiger partial charge in [-0.15, -0.1) is 21.5 Å². The van der Waals surface area contributed by atoms with E-state index in [0.717, 1.165) is 15.2 Å². The highest BCUT2D eigenvalue weighted by atomic mass is 35.5. The van der Waals surface area contributed by atoms with Crippen LogP contribution < -0.4 is 5.32 Å². The van der Waals surface area contributed by atoms with Gasteiger partial charge in [-0.25, -0.2) is 4.98 Å². The number of nitriles is 1. The van der Waals surface area contributed by atoms with E-state index in [4.69, 9.17) is 16.9 Å². The van der Waals surface area contributed by atoms with Gasteiger partial charge in [0.15, 0.2) is 0 Å². The number of hydrogen-bond donors (Lipinski definition) is 2. The number of aryl methyl sites for hydroxylation is 1. The summed E-state index contributed by atoms with van der Waals surface area (Å²) in [6.07, 6.45) is 1.49. The molecular formula is C12H8ClN7S. The molecule has 21 heavy (non-hydrogen) atoms. The zero-order chi connectivity index (χ0) is 14.8. The lowest BCUT2D eigenvalue weighted by molar-refractivity contribution is 0.881. The van der Waals surface area contributed by atoms with Crippen molar-refractivity contribution in [2.45, 2.75) is 6.92 Å². The Bertz CT molecular complexity index is 860. The number of anilines is 1. The average Bonchev–Trinajstić information content (AvgIpc) is 3.11. The zero-order valence-corrected chi connectivity index (χ0v) is 12.3. The number of hydrogen-bond acceptors (Lipinski definition) is 7. The molecule has 9 heteroatoms. The number of fused-ring (bicyclic) bond motifs is 1. The number of tetrazole rings is 1. The van der Waals surface area contributed by atoms with Gasteiger partial charge in [-0.1, -0.05) is 11.6 Å². The highest BCUT2D eigenvalue weighted by molar-refractivity contribution is 7.19. The number of nitrogens with zero attached hydrogens (tertiary/aromatic N) is 5. The van der Waals surface area contributed by atoms with Gasteiger partial charge in [-0.2, -0.15) is 10.5 Å². The van der Waals surface area contributed by atoms with E-state index >= 15 is 0 Å². The molecule has 0 bridgehead atoms. The number of halogens is 1. The van der Waals surface area contributed by atoms with Gasteiger partial charge < -0.3 is 5.32 Å². The van der Waals surface area contributed by atoms with E-state index in [2.05, 4.69) is 30.9 Å². The van der Waals surface area contributed by atoms with E-state index in [9.17, 15) is 0 Å². The molecule has 0 aliphatic rings. The first-order valence-electron chi connectivity index (χ1n) is 5.85. The van der Waals surface area contributed by atoms with E-state index in [-0.39, 0.29) is 11.4 Å². The van der Waals surface area contributed by atoms with Gasteiger partial charge in [0.2, 0.25) is 5.82 Å². The Kier molecular flexibility index (Phi) is 3.51. The molecule has 0 amide bonds. The summed E-state index contributed by atoms with van der Waals surface area (Å²) in [5.74, 6) is 0.218. The van der Waals surface area contributed by atoms with Crippen molar-refractivity contribution in [3.05, 3.63) is 34.2 Å². The Labute approximate surface area is 128 Å². The average molecular weight is 318 g/mol. The van der Waals surface area contributed by atoms with Crippen molar-refractivity contribution < 1.29 is 0 Å². The summed E-state index contributed by atoms with van der Waals surface area (Å²) >= 11 is 7.87. The monoisotopic (exact) mass is 317 g/mol. The molecule has 7 nitrogen and oxygen atoms in total. The van der Waals surface area contributed by atoms with E-state index in [0.29, 0.717) is 10.7 Å². The lowest BCUT2D eigenvalue weighted by Gasteiger charge is -2.04. The summed E-state index contributed by atoms with van der Waals surface area (Å²) < 4.78 is 0.908. The minimum Gasteiger partial charge on any atom is -0.359 e. The molecule has 0 saturated carbocycles. The summed E-state index contributed by atoms with van der Waals surface area (Å²) in [5.41, 5.74) is 1.79. The highest BCUT2D eigenvalue weighted by Crippen LogP contribution is 2.34. The third-order valence-electron chi connectivity index (χ3n) is 2.68. The van der Waals surface area contributed by atoms with Crippen molar-refractivity contribution in [1.29, 1.82) is 5.26 Å². The number of aromatic amines is 1. The molecule has 0 aliphatic heterocycles. The molecule has 0 atom stereocenters. The first-order valence-corrected chi connectivity index (χ1v) is 7.04. The van der Waals surface area contributed by atoms with Gasteiger partial charge in [0.25, 0.3) is 0 Å². The van der Waals surface area contributed by atoms with Crippen molar-refractivity contribution in [3.8, 4) is 6.07 Å². The second-order valence-corrected chi connectivity index (χ2v) is 5.64. The molecule has 0 radical (unpaired) electrons. The molecule has 2 heterocycles. The number of aromatic nitrogens is 5. The lowest BCUT2D eigenvalue weighted by atomic mass is 10.2. The standard InChI is InChI=1S/C12H8ClN7S/c1-6-16-9-3-2-8(10(13)11(9)21-6)15-5-7(4-14)12-17-19-20-18-12/h2-3,5,15H,1H3,(H,17,18,19,20). The van der Waals surface area contributed by atoms with Crippen LogP contribution in [-0.2, 0) is 0 Å². The van der Waals surface area contributed by atoms with Crippen LogP contribution in [0.3, 0.4) is 0 Å². The zero-order valence-electron chi connectivity index (χ0n) is 10.8. The molecule has 1 aromatic carbocycles. The number of benzene rings is 1. The molecular weight excluding hydrogens is 310 g/mol. The van der Waals surface area contributed by atoms with Crippen LogP contribution in [0.2, 0.25) is 5.02 Å². The third kappa shape index (κ3) is 2.56. The fourth-order valence-electron chi connectivity index (χ4n) is 1.76. The maximum Gasteiger partial charge on any atom is 0.216 e. The molecule has 2 N–H and O–H groups in total. The van der Waals surface area contributed by atoms with Crippen LogP contribution in [0.15, 0.2) is 18.3 Å². The van der Waals surface area contributed by atoms with Crippen molar-refractivity contribution in [3.63, 3.8) is 0 Å². The van der Waals surface area contributed by atoms with Gasteiger partial charge in [0, 0.05) is 6.20 Å². The van der Waals surface area contributed by atoms with Crippen molar-refractivity contribution in [1.82, 2.24) is 25.6 Å². The smallest absolute Gasteiger partial charge is 0.216 e. The number of allylic oxidation sites excluding steroid dienone is 1. The Morgan fingerprint density at radius 1 is 1.52 bits per heavy atom. The summed E-state index contributed by atoms with van der Waals surface area (Å²) in [7, 11) is 0. The SMILES string of the molecule is Cc1nc2ccc(NC=C(C#N)c3nn[nH]n3)c(Cl)c2s1. The minimum atomic E-state index is 0.218. The first kappa shape index (κ1) is 13.5. The third-order valence-corrected chi connectivity index (χ3v) is 4.19. The molecule has 0 fully saturated rings. The Morgan fingerprint density at radius 2 is 2.38 bits per heavy atom. The second kappa shape index (κ2) is 5.47. The summed E-state index contributed by atoms with van der Waals surface area (Å²) in [5, 5.41) is 26.8. The maximum atomic E-state index is 9.10. The number of thiazole rings is 1. The molecule has 0 unspecified atom stereocenters. The minimum absolute atomic E-state index is 0.218. The van der Waals surface area contributed by atoms with Gasteiger partial charge in [-0.05, 0) is 24.3 Å².